The Morgan fingerprint density at radius 2 is 1.64 bits per heavy atom. The first-order valence-electron chi connectivity index (χ1n) is 12.6. The Labute approximate surface area is 234 Å². The van der Waals surface area contributed by atoms with Crippen molar-refractivity contribution < 1.29 is 23.9 Å². The normalized spacial score (nSPS) is 15.9. The Hall–Kier alpha value is -3.76. The van der Waals surface area contributed by atoms with Gasteiger partial charge in [-0.2, -0.15) is 0 Å². The Kier molecular flexibility index (Phi) is 11.2. The predicted molar refractivity (Wildman–Crippen MR) is 151 cm³/mol. The molecule has 11 heteroatoms. The van der Waals surface area contributed by atoms with Crippen LogP contribution in [0.3, 0.4) is 0 Å². The second kappa shape index (κ2) is 13.9. The SMILES string of the molecule is COc1ccc(N=C(N)c2ccc(C(=O)N(C(C)=O)C(=O)[C@@H]3CCCN3C(=O)[C@H](N)CC(C)C)cc2)cc1.Cl. The second-order valence-corrected chi connectivity index (χ2v) is 9.70. The highest BCUT2D eigenvalue weighted by Gasteiger charge is 2.41. The molecule has 1 aliphatic heterocycles. The standard InChI is InChI=1S/C28H35N5O5.ClH/c1-17(2)16-23(29)27(36)32-15-5-6-24(32)28(37)33(18(3)34)26(35)20-9-7-19(8-10-20)25(30)31-21-11-13-22(38-4)14-12-21;/h7-14,17,23-24H,5-6,15-16,29H2,1-4H3,(H2,30,31);1H/t23-,24+;/m1./s1. The largest absolute Gasteiger partial charge is 0.497 e. The maximum Gasteiger partial charge on any atom is 0.267 e. The van der Waals surface area contributed by atoms with Gasteiger partial charge in [0.2, 0.25) is 11.8 Å². The van der Waals surface area contributed by atoms with E-state index in [1.54, 1.807) is 43.5 Å². The molecule has 10 nitrogen and oxygen atoms in total. The monoisotopic (exact) mass is 557 g/mol. The van der Waals surface area contributed by atoms with Gasteiger partial charge in [-0.15, -0.1) is 12.4 Å². The smallest absolute Gasteiger partial charge is 0.267 e. The van der Waals surface area contributed by atoms with Gasteiger partial charge in [0.05, 0.1) is 18.8 Å². The van der Waals surface area contributed by atoms with Crippen molar-refractivity contribution in [3.8, 4) is 5.75 Å². The average molecular weight is 558 g/mol. The molecule has 0 saturated carbocycles. The van der Waals surface area contributed by atoms with Gasteiger partial charge >= 0.3 is 0 Å². The molecule has 2 aromatic carbocycles. The van der Waals surface area contributed by atoms with Crippen LogP contribution in [0.15, 0.2) is 53.5 Å². The van der Waals surface area contributed by atoms with Crippen LogP contribution in [0.4, 0.5) is 5.69 Å². The first-order chi connectivity index (χ1) is 18.0. The van der Waals surface area contributed by atoms with Gasteiger partial charge < -0.3 is 21.1 Å². The molecule has 0 radical (unpaired) electrons. The molecule has 3 rings (SSSR count). The van der Waals surface area contributed by atoms with Crippen LogP contribution < -0.4 is 16.2 Å². The molecule has 210 valence electrons. The zero-order valence-electron chi connectivity index (χ0n) is 22.6. The van der Waals surface area contributed by atoms with Crippen LogP contribution in [0, 0.1) is 5.92 Å². The molecule has 39 heavy (non-hydrogen) atoms. The van der Waals surface area contributed by atoms with E-state index in [1.807, 2.05) is 13.8 Å². The lowest BCUT2D eigenvalue weighted by Crippen LogP contribution is -2.54. The second-order valence-electron chi connectivity index (χ2n) is 9.70. The van der Waals surface area contributed by atoms with E-state index in [4.69, 9.17) is 16.2 Å². The lowest BCUT2D eigenvalue weighted by atomic mass is 10.0. The van der Waals surface area contributed by atoms with E-state index in [9.17, 15) is 19.2 Å². The van der Waals surface area contributed by atoms with Crippen LogP contribution in [-0.2, 0) is 14.4 Å². The van der Waals surface area contributed by atoms with Gasteiger partial charge in [-0.05, 0) is 61.6 Å². The van der Waals surface area contributed by atoms with E-state index >= 15 is 0 Å². The Morgan fingerprint density at radius 3 is 2.18 bits per heavy atom. The number of aliphatic imine (C=N–C) groups is 1. The molecule has 2 aromatic rings. The zero-order valence-corrected chi connectivity index (χ0v) is 23.4. The van der Waals surface area contributed by atoms with Crippen molar-refractivity contribution in [3.63, 3.8) is 0 Å². The highest BCUT2D eigenvalue weighted by atomic mass is 35.5. The Balaban J connectivity index is 0.00000533. The third-order valence-corrected chi connectivity index (χ3v) is 6.35. The van der Waals surface area contributed by atoms with Crippen molar-refractivity contribution in [2.45, 2.75) is 52.1 Å². The van der Waals surface area contributed by atoms with Gasteiger partial charge in [-0.25, -0.2) is 9.89 Å². The summed E-state index contributed by atoms with van der Waals surface area (Å²) >= 11 is 0. The summed E-state index contributed by atoms with van der Waals surface area (Å²) in [4.78, 5) is 58.4. The molecule has 1 fully saturated rings. The van der Waals surface area contributed by atoms with Crippen LogP contribution in [0.1, 0.15) is 56.0 Å². The highest BCUT2D eigenvalue weighted by molar-refractivity contribution is 6.17. The number of carbonyl (C=O) groups is 4. The minimum absolute atomic E-state index is 0. The summed E-state index contributed by atoms with van der Waals surface area (Å²) in [6.07, 6.45) is 1.41. The summed E-state index contributed by atoms with van der Waals surface area (Å²) in [5.41, 5.74) is 13.5. The maximum absolute atomic E-state index is 13.4. The van der Waals surface area contributed by atoms with E-state index in [-0.39, 0.29) is 35.6 Å². The van der Waals surface area contributed by atoms with Crippen LogP contribution >= 0.6 is 12.4 Å². The number of nitrogens with zero attached hydrogens (tertiary/aromatic N) is 3. The highest BCUT2D eigenvalue weighted by Crippen LogP contribution is 2.23. The van der Waals surface area contributed by atoms with E-state index in [0.717, 1.165) is 6.92 Å². The van der Waals surface area contributed by atoms with Gasteiger partial charge in [0.15, 0.2) is 0 Å². The van der Waals surface area contributed by atoms with Gasteiger partial charge in [0.1, 0.15) is 17.6 Å². The van der Waals surface area contributed by atoms with Crippen molar-refractivity contribution in [3.05, 3.63) is 59.7 Å². The van der Waals surface area contributed by atoms with Crippen LogP contribution in [0.2, 0.25) is 0 Å². The fraction of sp³-hybridized carbons (Fsp3) is 0.393. The number of ether oxygens (including phenoxy) is 1. The average Bonchev–Trinajstić information content (AvgIpc) is 3.38. The quantitative estimate of drug-likeness (QED) is 0.288. The molecule has 1 aliphatic rings. The van der Waals surface area contributed by atoms with E-state index in [2.05, 4.69) is 4.99 Å². The lowest BCUT2D eigenvalue weighted by molar-refractivity contribution is -0.148. The molecule has 4 amide bonds. The summed E-state index contributed by atoms with van der Waals surface area (Å²) in [5, 5.41) is 0. The summed E-state index contributed by atoms with van der Waals surface area (Å²) in [6.45, 7) is 5.41. The molecule has 0 aliphatic carbocycles. The number of rotatable bonds is 8. The molecule has 0 bridgehead atoms. The summed E-state index contributed by atoms with van der Waals surface area (Å²) in [6, 6.07) is 11.5. The number of hydrogen-bond donors (Lipinski definition) is 2. The number of likely N-dealkylation sites (tertiary alicyclic amines) is 1. The number of benzene rings is 2. The zero-order chi connectivity index (χ0) is 28.0. The van der Waals surface area contributed by atoms with Crippen molar-refractivity contribution in [1.82, 2.24) is 9.80 Å². The number of amidine groups is 1. The third-order valence-electron chi connectivity index (χ3n) is 6.35. The minimum Gasteiger partial charge on any atom is -0.497 e. The van der Waals surface area contributed by atoms with E-state index in [1.165, 1.54) is 17.0 Å². The first-order valence-corrected chi connectivity index (χ1v) is 12.6. The molecule has 0 aromatic heterocycles. The number of halogens is 1. The maximum atomic E-state index is 13.4. The molecular formula is C28H36ClN5O5. The van der Waals surface area contributed by atoms with Crippen molar-refractivity contribution in [2.75, 3.05) is 13.7 Å². The molecule has 1 saturated heterocycles. The summed E-state index contributed by atoms with van der Waals surface area (Å²) in [5.74, 6) is -1.44. The third kappa shape index (κ3) is 7.64. The van der Waals surface area contributed by atoms with Crippen LogP contribution in [0.5, 0.6) is 5.75 Å². The molecule has 1 heterocycles. The summed E-state index contributed by atoms with van der Waals surface area (Å²) < 4.78 is 5.13. The topological polar surface area (TPSA) is 148 Å². The van der Waals surface area contributed by atoms with Crippen molar-refractivity contribution in [2.24, 2.45) is 22.4 Å². The number of hydrogen-bond acceptors (Lipinski definition) is 7. The van der Waals surface area contributed by atoms with Crippen LogP contribution in [0.25, 0.3) is 0 Å². The Bertz CT molecular complexity index is 1210. The number of amides is 4. The van der Waals surface area contributed by atoms with E-state index in [0.29, 0.717) is 47.7 Å². The molecule has 0 spiro atoms. The summed E-state index contributed by atoms with van der Waals surface area (Å²) in [7, 11) is 1.57. The van der Waals surface area contributed by atoms with Crippen molar-refractivity contribution >= 4 is 47.6 Å². The van der Waals surface area contributed by atoms with Gasteiger partial charge in [-0.1, -0.05) is 26.0 Å². The molecular weight excluding hydrogens is 522 g/mol. The lowest BCUT2D eigenvalue weighted by Gasteiger charge is -2.30. The fourth-order valence-electron chi connectivity index (χ4n) is 4.43. The molecule has 4 N–H and O–H groups in total. The van der Waals surface area contributed by atoms with Crippen LogP contribution in [-0.4, -0.2) is 65.0 Å². The number of imide groups is 3. The van der Waals surface area contributed by atoms with E-state index < -0.39 is 29.8 Å². The minimum atomic E-state index is -0.917. The van der Waals surface area contributed by atoms with Crippen molar-refractivity contribution in [1.29, 1.82) is 0 Å². The van der Waals surface area contributed by atoms with Gasteiger partial charge in [0, 0.05) is 24.6 Å². The Morgan fingerprint density at radius 1 is 1.05 bits per heavy atom. The number of nitrogens with two attached hydrogens (primary N) is 2. The van der Waals surface area contributed by atoms with Gasteiger partial charge in [-0.3, -0.25) is 19.2 Å². The number of carbonyl (C=O) groups excluding carboxylic acids is 4. The predicted octanol–water partition coefficient (Wildman–Crippen LogP) is 3.03. The fourth-order valence-corrected chi connectivity index (χ4v) is 4.43. The van der Waals surface area contributed by atoms with Gasteiger partial charge in [0.25, 0.3) is 11.8 Å². The first kappa shape index (κ1) is 31.5. The molecule has 0 unspecified atom stereocenters. The number of methoxy groups -OCH3 is 1. The molecule has 2 atom stereocenters.